The standard InChI is InChI=1S/CH10N5O3P3/c1-10(7)4-11(2,8)6-12(3,9)5-10/h1H3,(H7,2,3,4,5,6,7,8,9). The van der Waals surface area contributed by atoms with Gasteiger partial charge >= 0.3 is 0 Å². The van der Waals surface area contributed by atoms with Crippen LogP contribution in [0.3, 0.4) is 0 Å². The third-order valence-corrected chi connectivity index (χ3v) is 8.78. The molecule has 0 saturated carbocycles. The van der Waals surface area contributed by atoms with E-state index in [1.165, 1.54) is 6.66 Å². The predicted octanol–water partition coefficient (Wildman–Crippen LogP) is -0.275. The van der Waals surface area contributed by atoms with E-state index >= 15 is 0 Å². The molecule has 0 aromatic heterocycles. The van der Waals surface area contributed by atoms with Gasteiger partial charge in [0.25, 0.3) is 15.2 Å². The van der Waals surface area contributed by atoms with Gasteiger partial charge in [-0.1, -0.05) is 0 Å². The Bertz CT molecular complexity index is 267. The highest BCUT2D eigenvalue weighted by Gasteiger charge is 2.41. The molecule has 11 heteroatoms. The van der Waals surface area contributed by atoms with E-state index < -0.39 is 22.6 Å². The lowest BCUT2D eigenvalue weighted by Gasteiger charge is -2.31. The van der Waals surface area contributed by atoms with Gasteiger partial charge in [0.1, 0.15) is 0 Å². The van der Waals surface area contributed by atoms with Crippen molar-refractivity contribution in [2.75, 3.05) is 6.66 Å². The number of rotatable bonds is 0. The first kappa shape index (κ1) is 10.6. The van der Waals surface area contributed by atoms with Gasteiger partial charge in [0, 0.05) is 6.66 Å². The Morgan fingerprint density at radius 2 is 1.25 bits per heavy atom. The van der Waals surface area contributed by atoms with Gasteiger partial charge in [-0.3, -0.25) is 24.7 Å². The second-order valence-electron chi connectivity index (χ2n) is 2.54. The fraction of sp³-hybridized carbons (Fsp3) is 1.00. The predicted molar refractivity (Wildman–Crippen MR) is 46.5 cm³/mol. The monoisotopic (exact) mass is 233 g/mol. The Labute approximate surface area is 69.4 Å². The number of nitrogens with one attached hydrogen (secondary N) is 3. The van der Waals surface area contributed by atoms with Crippen LogP contribution in [0, 0.1) is 0 Å². The molecule has 0 radical (unpaired) electrons. The number of hydrogen-bond donors (Lipinski definition) is 5. The van der Waals surface area contributed by atoms with Crippen molar-refractivity contribution in [1.29, 1.82) is 0 Å². The molecular formula is CH10N5O3P3. The van der Waals surface area contributed by atoms with Crippen LogP contribution >= 0.6 is 22.6 Å². The van der Waals surface area contributed by atoms with E-state index in [1.54, 1.807) is 0 Å². The van der Waals surface area contributed by atoms with Gasteiger partial charge in [0.05, 0.1) is 0 Å². The van der Waals surface area contributed by atoms with E-state index in [1.807, 2.05) is 4.86 Å². The van der Waals surface area contributed by atoms with Crippen molar-refractivity contribution in [3.8, 4) is 0 Å². The molecule has 1 saturated heterocycles. The smallest absolute Gasteiger partial charge is 0.289 e. The summed E-state index contributed by atoms with van der Waals surface area (Å²) in [4.78, 5) is 6.16. The molecule has 0 aromatic carbocycles. The zero-order valence-electron chi connectivity index (χ0n) is 6.22. The van der Waals surface area contributed by atoms with E-state index in [0.29, 0.717) is 0 Å². The second kappa shape index (κ2) is 2.74. The fourth-order valence-electron chi connectivity index (χ4n) is 0.855. The zero-order chi connectivity index (χ0) is 9.62. The van der Waals surface area contributed by atoms with Gasteiger partial charge in [-0.15, -0.1) is 0 Å². The topological polar surface area (TPSA) is 139 Å². The first-order valence-corrected chi connectivity index (χ1v) is 8.56. The van der Waals surface area contributed by atoms with Crippen molar-refractivity contribution in [1.82, 2.24) is 14.6 Å². The summed E-state index contributed by atoms with van der Waals surface area (Å²) in [5.41, 5.74) is 10.2. The van der Waals surface area contributed by atoms with Crippen molar-refractivity contribution in [2.24, 2.45) is 11.0 Å². The Morgan fingerprint density at radius 3 is 1.50 bits per heavy atom. The average molecular weight is 233 g/mol. The summed E-state index contributed by atoms with van der Waals surface area (Å²) < 4.78 is 33.6. The summed E-state index contributed by atoms with van der Waals surface area (Å²) in [6.45, 7) is 1.20. The summed E-state index contributed by atoms with van der Waals surface area (Å²) in [6, 6.07) is 0. The van der Waals surface area contributed by atoms with Gasteiger partial charge in [-0.2, -0.15) is 14.6 Å². The van der Waals surface area contributed by atoms with Crippen LogP contribution in [0.5, 0.6) is 0 Å². The molecule has 1 aliphatic heterocycles. The third kappa shape index (κ3) is 2.76. The first-order valence-electron chi connectivity index (χ1n) is 2.85. The molecule has 1 aliphatic rings. The van der Waals surface area contributed by atoms with E-state index in [9.17, 15) is 13.7 Å². The van der Waals surface area contributed by atoms with Crippen LogP contribution < -0.4 is 25.6 Å². The lowest BCUT2D eigenvalue weighted by atomic mass is 12.0. The van der Waals surface area contributed by atoms with Crippen molar-refractivity contribution in [3.63, 3.8) is 0 Å². The minimum absolute atomic E-state index is 1.20. The molecule has 2 atom stereocenters. The molecule has 12 heavy (non-hydrogen) atoms. The molecule has 1 fully saturated rings. The molecule has 0 aliphatic carbocycles. The summed E-state index contributed by atoms with van der Waals surface area (Å²) in [7, 11) is -10.3. The average Bonchev–Trinajstić information content (AvgIpc) is 1.44. The lowest BCUT2D eigenvalue weighted by molar-refractivity contribution is 0.542. The van der Waals surface area contributed by atoms with Gasteiger partial charge < -0.3 is 0 Å². The largest absolute Gasteiger partial charge is 0.290 e. The molecule has 72 valence electrons. The Hall–Kier alpha value is 0.490. The van der Waals surface area contributed by atoms with E-state index in [2.05, 4.69) is 9.72 Å². The van der Waals surface area contributed by atoms with Crippen LogP contribution in [0.15, 0.2) is 0 Å². The number of nitrogens with two attached hydrogens (primary N) is 2. The fourth-order valence-corrected chi connectivity index (χ4v) is 8.90. The van der Waals surface area contributed by atoms with Gasteiger partial charge in [0.15, 0.2) is 0 Å². The van der Waals surface area contributed by atoms with Crippen molar-refractivity contribution in [3.05, 3.63) is 0 Å². The molecule has 0 aromatic rings. The minimum Gasteiger partial charge on any atom is -0.289 e. The maximum atomic E-state index is 11.3. The summed E-state index contributed by atoms with van der Waals surface area (Å²) in [6.07, 6.45) is 0. The molecule has 7 N–H and O–H groups in total. The highest BCUT2D eigenvalue weighted by molar-refractivity contribution is 7.88. The van der Waals surface area contributed by atoms with Gasteiger partial charge in [-0.05, 0) is 0 Å². The quantitative estimate of drug-likeness (QED) is 0.360. The highest BCUT2D eigenvalue weighted by Crippen LogP contribution is 2.58. The maximum absolute atomic E-state index is 11.3. The third-order valence-electron chi connectivity index (χ3n) is 0.976. The summed E-state index contributed by atoms with van der Waals surface area (Å²) in [5.74, 6) is 0. The second-order valence-corrected chi connectivity index (χ2v) is 9.42. The minimum atomic E-state index is -3.54. The molecule has 0 bridgehead atoms. The van der Waals surface area contributed by atoms with Crippen molar-refractivity contribution < 1.29 is 13.7 Å². The summed E-state index contributed by atoms with van der Waals surface area (Å²) in [5, 5.41) is 0. The first-order chi connectivity index (χ1) is 5.12. The lowest BCUT2D eigenvalue weighted by Crippen LogP contribution is -2.39. The van der Waals surface area contributed by atoms with Crippen LogP contribution in [0.25, 0.3) is 0 Å². The van der Waals surface area contributed by atoms with E-state index in [-0.39, 0.29) is 0 Å². The van der Waals surface area contributed by atoms with E-state index in [0.717, 1.165) is 0 Å². The zero-order valence-corrected chi connectivity index (χ0v) is 8.90. The van der Waals surface area contributed by atoms with Crippen LogP contribution in [0.1, 0.15) is 0 Å². The molecule has 1 rings (SSSR count). The molecular weight excluding hydrogens is 223 g/mol. The molecule has 0 spiro atoms. The number of hydrogen-bond acceptors (Lipinski definition) is 3. The normalized spacial score (nSPS) is 55.2. The molecule has 1 heterocycles. The van der Waals surface area contributed by atoms with Gasteiger partial charge in [0.2, 0.25) is 7.44 Å². The SMILES string of the molecule is CP1(=O)NP(N)(=O)NP(N)(=O)N1. The van der Waals surface area contributed by atoms with Crippen LogP contribution in [-0.4, -0.2) is 6.66 Å². The van der Waals surface area contributed by atoms with Crippen LogP contribution in [-0.2, 0) is 13.7 Å². The van der Waals surface area contributed by atoms with Crippen molar-refractivity contribution in [2.45, 2.75) is 0 Å². The van der Waals surface area contributed by atoms with E-state index in [4.69, 9.17) is 11.0 Å². The van der Waals surface area contributed by atoms with Gasteiger partial charge in [-0.25, -0.2) is 0 Å². The highest BCUT2D eigenvalue weighted by atomic mass is 31.3. The molecule has 0 amide bonds. The summed E-state index contributed by atoms with van der Waals surface area (Å²) >= 11 is 0. The Balaban J connectivity index is 3.05. The molecule has 8 nitrogen and oxygen atoms in total. The molecule has 2 unspecified atom stereocenters. The Kier molecular flexibility index (Phi) is 2.41. The Morgan fingerprint density at radius 1 is 0.917 bits per heavy atom. The van der Waals surface area contributed by atoms with Crippen LogP contribution in [0.4, 0.5) is 0 Å². The van der Waals surface area contributed by atoms with Crippen molar-refractivity contribution >= 4 is 22.6 Å². The van der Waals surface area contributed by atoms with Crippen LogP contribution in [0.2, 0.25) is 0 Å². The maximum Gasteiger partial charge on any atom is 0.290 e.